The number of nitrogens with zero attached hydrogens (tertiary/aromatic N) is 1. The fourth-order valence-corrected chi connectivity index (χ4v) is 1.30. The lowest BCUT2D eigenvalue weighted by Gasteiger charge is -2.18. The number of phenolic OH excluding ortho intramolecular Hbond substituents is 1. The summed E-state index contributed by atoms with van der Waals surface area (Å²) >= 11 is 5.78. The lowest BCUT2D eigenvalue weighted by Crippen LogP contribution is -2.20. The molecule has 1 rings (SSSR count). The molecule has 0 saturated carbocycles. The minimum Gasteiger partial charge on any atom is -0.506 e. The number of amidine groups is 1. The highest BCUT2D eigenvalue weighted by Gasteiger charge is 2.13. The predicted molar refractivity (Wildman–Crippen MR) is 76.1 cm³/mol. The molecule has 5 N–H and O–H groups in total. The van der Waals surface area contributed by atoms with Crippen molar-refractivity contribution in [2.24, 2.45) is 21.9 Å². The van der Waals surface area contributed by atoms with Crippen LogP contribution in [0.4, 0.5) is 5.69 Å². The molecule has 1 aromatic rings. The first-order chi connectivity index (χ1) is 8.20. The summed E-state index contributed by atoms with van der Waals surface area (Å²) in [6.07, 6.45) is 1.63. The molecule has 0 aromatic heterocycles. The number of phenols is 1. The van der Waals surface area contributed by atoms with E-state index in [-0.39, 0.29) is 16.2 Å². The van der Waals surface area contributed by atoms with Crippen LogP contribution in [0.2, 0.25) is 5.02 Å². The van der Waals surface area contributed by atoms with Crippen molar-refractivity contribution >= 4 is 23.1 Å². The van der Waals surface area contributed by atoms with E-state index in [9.17, 15) is 5.11 Å². The number of nitrogens with two attached hydrogens (primary N) is 2. The second kappa shape index (κ2) is 5.31. The zero-order chi connectivity index (χ0) is 13.9. The molecule has 0 aliphatic rings. The Balaban J connectivity index is 3.00. The van der Waals surface area contributed by atoms with E-state index in [2.05, 4.69) is 4.99 Å². The van der Waals surface area contributed by atoms with Crippen LogP contribution in [0.1, 0.15) is 20.8 Å². The van der Waals surface area contributed by atoms with Gasteiger partial charge >= 0.3 is 0 Å². The van der Waals surface area contributed by atoms with Crippen LogP contribution >= 0.6 is 11.6 Å². The van der Waals surface area contributed by atoms with Crippen molar-refractivity contribution in [1.29, 1.82) is 0 Å². The van der Waals surface area contributed by atoms with Crippen molar-refractivity contribution in [2.45, 2.75) is 20.8 Å². The molecule has 0 heterocycles. The molecule has 0 fully saturated rings. The second-order valence-corrected chi connectivity index (χ2v) is 5.43. The number of allylic oxidation sites excluding steroid dienone is 1. The Morgan fingerprint density at radius 2 is 1.94 bits per heavy atom. The molecule has 0 amide bonds. The molecule has 4 nitrogen and oxygen atoms in total. The summed E-state index contributed by atoms with van der Waals surface area (Å²) in [4.78, 5) is 4.16. The Hall–Kier alpha value is -1.68. The van der Waals surface area contributed by atoms with Crippen LogP contribution in [-0.2, 0) is 0 Å². The quantitative estimate of drug-likeness (QED) is 0.569. The third kappa shape index (κ3) is 3.96. The number of rotatable bonds is 2. The van der Waals surface area contributed by atoms with Crippen LogP contribution in [-0.4, -0.2) is 10.9 Å². The summed E-state index contributed by atoms with van der Waals surface area (Å²) in [6.45, 7) is 5.97. The van der Waals surface area contributed by atoms with Crippen LogP contribution in [0.5, 0.6) is 5.75 Å². The van der Waals surface area contributed by atoms with E-state index in [4.69, 9.17) is 23.1 Å². The molecule has 0 spiro atoms. The summed E-state index contributed by atoms with van der Waals surface area (Å²) in [5.74, 6) is 0.308. The standard InChI is InChI=1S/C13H18ClN3O/c1-13(2,3)11(15)7-12(16)17-8-4-5-10(18)9(14)6-8/h4-7,18H,15H2,1-3H3,(H2,16,17)/b11-7-. The van der Waals surface area contributed by atoms with Crippen molar-refractivity contribution in [3.63, 3.8) is 0 Å². The van der Waals surface area contributed by atoms with Gasteiger partial charge in [0.1, 0.15) is 11.6 Å². The molecule has 0 unspecified atom stereocenters. The predicted octanol–water partition coefficient (Wildman–Crippen LogP) is 2.92. The fourth-order valence-electron chi connectivity index (χ4n) is 1.12. The van der Waals surface area contributed by atoms with Gasteiger partial charge in [-0.3, -0.25) is 0 Å². The van der Waals surface area contributed by atoms with Gasteiger partial charge in [-0.2, -0.15) is 0 Å². The van der Waals surface area contributed by atoms with Gasteiger partial charge in [0, 0.05) is 11.1 Å². The van der Waals surface area contributed by atoms with E-state index in [1.54, 1.807) is 12.1 Å². The topological polar surface area (TPSA) is 84.6 Å². The van der Waals surface area contributed by atoms with Gasteiger partial charge in [-0.15, -0.1) is 0 Å². The maximum Gasteiger partial charge on any atom is 0.134 e. The lowest BCUT2D eigenvalue weighted by molar-refractivity contribution is 0.475. The third-order valence-corrected chi connectivity index (χ3v) is 2.66. The summed E-state index contributed by atoms with van der Waals surface area (Å²) < 4.78 is 0. The summed E-state index contributed by atoms with van der Waals surface area (Å²) in [7, 11) is 0. The Bertz CT molecular complexity index is 501. The first kappa shape index (κ1) is 14.4. The summed E-state index contributed by atoms with van der Waals surface area (Å²) in [5, 5.41) is 9.52. The molecule has 0 aliphatic carbocycles. The van der Waals surface area contributed by atoms with Gasteiger partial charge in [0.05, 0.1) is 10.7 Å². The number of aromatic hydroxyl groups is 1. The van der Waals surface area contributed by atoms with E-state index in [1.165, 1.54) is 12.1 Å². The van der Waals surface area contributed by atoms with Crippen LogP contribution in [0.25, 0.3) is 0 Å². The maximum atomic E-state index is 9.29. The van der Waals surface area contributed by atoms with Crippen LogP contribution in [0.15, 0.2) is 35.0 Å². The average molecular weight is 268 g/mol. The van der Waals surface area contributed by atoms with Crippen LogP contribution in [0.3, 0.4) is 0 Å². The highest BCUT2D eigenvalue weighted by molar-refractivity contribution is 6.32. The molecule has 0 atom stereocenters. The monoisotopic (exact) mass is 267 g/mol. The van der Waals surface area contributed by atoms with Gasteiger partial charge in [-0.05, 0) is 24.3 Å². The Labute approximate surface area is 112 Å². The molecule has 1 aromatic carbocycles. The molecule has 0 saturated heterocycles. The molecule has 18 heavy (non-hydrogen) atoms. The first-order valence-electron chi connectivity index (χ1n) is 5.50. The van der Waals surface area contributed by atoms with Crippen molar-refractivity contribution in [1.82, 2.24) is 0 Å². The molecule has 0 bridgehead atoms. The average Bonchev–Trinajstić information content (AvgIpc) is 2.22. The number of benzene rings is 1. The third-order valence-electron chi connectivity index (χ3n) is 2.36. The Kier molecular flexibility index (Phi) is 4.24. The molecular weight excluding hydrogens is 250 g/mol. The highest BCUT2D eigenvalue weighted by Crippen LogP contribution is 2.27. The van der Waals surface area contributed by atoms with Crippen molar-refractivity contribution in [3.8, 4) is 5.75 Å². The molecule has 0 radical (unpaired) electrons. The number of hydrogen-bond acceptors (Lipinski definition) is 3. The minimum absolute atomic E-state index is 0.0129. The van der Waals surface area contributed by atoms with Gasteiger partial charge in [0.15, 0.2) is 0 Å². The van der Waals surface area contributed by atoms with E-state index in [0.29, 0.717) is 17.2 Å². The van der Waals surface area contributed by atoms with Crippen LogP contribution < -0.4 is 11.5 Å². The minimum atomic E-state index is -0.160. The first-order valence-corrected chi connectivity index (χ1v) is 5.88. The maximum absolute atomic E-state index is 9.29. The SMILES string of the molecule is CC(C)(C)/C(N)=C/C(N)=Nc1ccc(O)c(Cl)c1. The summed E-state index contributed by atoms with van der Waals surface area (Å²) in [6, 6.07) is 4.62. The normalized spacial score (nSPS) is 13.8. The van der Waals surface area contributed by atoms with Gasteiger partial charge < -0.3 is 16.6 Å². The summed E-state index contributed by atoms with van der Waals surface area (Å²) in [5.41, 5.74) is 12.7. The molecule has 0 aliphatic heterocycles. The van der Waals surface area contributed by atoms with Gasteiger partial charge in [-0.25, -0.2) is 4.99 Å². The zero-order valence-electron chi connectivity index (χ0n) is 10.7. The number of hydrogen-bond donors (Lipinski definition) is 3. The molecule has 5 heteroatoms. The van der Waals surface area contributed by atoms with E-state index >= 15 is 0 Å². The number of aliphatic imine (C=N–C) groups is 1. The van der Waals surface area contributed by atoms with Crippen molar-refractivity contribution in [3.05, 3.63) is 35.0 Å². The lowest BCUT2D eigenvalue weighted by atomic mass is 9.92. The highest BCUT2D eigenvalue weighted by atomic mass is 35.5. The smallest absolute Gasteiger partial charge is 0.134 e. The van der Waals surface area contributed by atoms with E-state index in [0.717, 1.165) is 0 Å². The zero-order valence-corrected chi connectivity index (χ0v) is 11.5. The van der Waals surface area contributed by atoms with Crippen LogP contribution in [0, 0.1) is 5.41 Å². The van der Waals surface area contributed by atoms with Gasteiger partial charge in [0.25, 0.3) is 0 Å². The Morgan fingerprint density at radius 3 is 2.44 bits per heavy atom. The van der Waals surface area contributed by atoms with Gasteiger partial charge in [-0.1, -0.05) is 32.4 Å². The van der Waals surface area contributed by atoms with E-state index in [1.807, 2.05) is 20.8 Å². The van der Waals surface area contributed by atoms with Crippen molar-refractivity contribution in [2.75, 3.05) is 0 Å². The number of halogens is 1. The Morgan fingerprint density at radius 1 is 1.33 bits per heavy atom. The largest absolute Gasteiger partial charge is 0.506 e. The van der Waals surface area contributed by atoms with Gasteiger partial charge in [0.2, 0.25) is 0 Å². The second-order valence-electron chi connectivity index (χ2n) is 5.02. The van der Waals surface area contributed by atoms with Crippen molar-refractivity contribution < 1.29 is 5.11 Å². The molecular formula is C13H18ClN3O. The fraction of sp³-hybridized carbons (Fsp3) is 0.308. The molecule has 98 valence electrons. The van der Waals surface area contributed by atoms with E-state index < -0.39 is 0 Å².